The van der Waals surface area contributed by atoms with Crippen molar-refractivity contribution < 1.29 is 9.90 Å². The second kappa shape index (κ2) is 6.51. The average molecular weight is 254 g/mol. The lowest BCUT2D eigenvalue weighted by Gasteiger charge is -2.12. The molecule has 0 amide bonds. The van der Waals surface area contributed by atoms with Crippen molar-refractivity contribution >= 4 is 17.3 Å². The molecule has 0 fully saturated rings. The fourth-order valence-corrected chi connectivity index (χ4v) is 2.07. The maximum absolute atomic E-state index is 10.8. The van der Waals surface area contributed by atoms with Crippen LogP contribution in [0.3, 0.4) is 0 Å². The van der Waals surface area contributed by atoms with Crippen molar-refractivity contribution in [1.82, 2.24) is 9.88 Å². The molecule has 0 aromatic carbocycles. The molecule has 1 heterocycles. The van der Waals surface area contributed by atoms with Crippen molar-refractivity contribution in [3.8, 4) is 0 Å². The fraction of sp³-hybridized carbons (Fsp3) is 0.500. The van der Waals surface area contributed by atoms with Crippen molar-refractivity contribution in [2.24, 2.45) is 0 Å². The summed E-state index contributed by atoms with van der Waals surface area (Å²) < 4.78 is 0. The first-order valence-corrected chi connectivity index (χ1v) is 6.42. The summed E-state index contributed by atoms with van der Waals surface area (Å²) in [6.07, 6.45) is 2.32. The minimum absolute atomic E-state index is 0.464. The maximum Gasteiger partial charge on any atom is 0.331 e. The van der Waals surface area contributed by atoms with E-state index >= 15 is 0 Å². The predicted molar refractivity (Wildman–Crippen MR) is 69.2 cm³/mol. The summed E-state index contributed by atoms with van der Waals surface area (Å²) in [6, 6.07) is 0. The van der Waals surface area contributed by atoms with Gasteiger partial charge in [-0.05, 0) is 20.4 Å². The van der Waals surface area contributed by atoms with Crippen LogP contribution >= 0.6 is 11.3 Å². The van der Waals surface area contributed by atoms with E-state index in [9.17, 15) is 4.79 Å². The number of aryl methyl sites for hydroxylation is 1. The molecule has 0 aliphatic heterocycles. The molecule has 0 saturated carbocycles. The van der Waals surface area contributed by atoms with Gasteiger partial charge in [0.1, 0.15) is 0 Å². The highest BCUT2D eigenvalue weighted by atomic mass is 32.1. The summed E-state index contributed by atoms with van der Waals surface area (Å²) in [5, 5.41) is 12.0. The van der Waals surface area contributed by atoms with Crippen molar-refractivity contribution in [2.75, 3.05) is 13.6 Å². The van der Waals surface area contributed by atoms with Crippen LogP contribution < -0.4 is 0 Å². The van der Waals surface area contributed by atoms with Crippen molar-refractivity contribution in [3.63, 3.8) is 0 Å². The molecule has 1 aromatic rings. The minimum Gasteiger partial charge on any atom is -0.478 e. The fourth-order valence-electron chi connectivity index (χ4n) is 1.47. The predicted octanol–water partition coefficient (Wildman–Crippen LogP) is 2.30. The number of aliphatic carboxylic acids is 1. The van der Waals surface area contributed by atoms with E-state index in [0.717, 1.165) is 17.2 Å². The zero-order chi connectivity index (χ0) is 12.8. The molecule has 0 bridgehead atoms. The van der Waals surface area contributed by atoms with Crippen molar-refractivity contribution in [2.45, 2.75) is 26.8 Å². The van der Waals surface area contributed by atoms with Gasteiger partial charge in [-0.1, -0.05) is 13.0 Å². The average Bonchev–Trinajstić information content (AvgIpc) is 2.64. The zero-order valence-electron chi connectivity index (χ0n) is 10.4. The van der Waals surface area contributed by atoms with Gasteiger partial charge in [0.05, 0.1) is 10.7 Å². The molecule has 0 aliphatic carbocycles. The second-order valence-electron chi connectivity index (χ2n) is 3.94. The summed E-state index contributed by atoms with van der Waals surface area (Å²) in [5.74, 6) is -0.828. The summed E-state index contributed by atoms with van der Waals surface area (Å²) in [5.41, 5.74) is 1.50. The molecule has 1 N–H and O–H groups in total. The number of carbonyl (C=O) groups is 1. The van der Waals surface area contributed by atoms with Gasteiger partial charge in [0.2, 0.25) is 0 Å². The van der Waals surface area contributed by atoms with Gasteiger partial charge >= 0.3 is 5.97 Å². The Labute approximate surface area is 106 Å². The highest BCUT2D eigenvalue weighted by Gasteiger charge is 2.06. The smallest absolute Gasteiger partial charge is 0.331 e. The van der Waals surface area contributed by atoms with Gasteiger partial charge in [-0.3, -0.25) is 4.90 Å². The van der Waals surface area contributed by atoms with Gasteiger partial charge in [0.15, 0.2) is 0 Å². The standard InChI is InChI=1S/C12H18N2O2S/c1-4-10(12(15)16)5-6-14(3)7-11-8-17-9(2)13-11/h5,8H,4,6-7H2,1-3H3,(H,15,16). The van der Waals surface area contributed by atoms with E-state index in [0.29, 0.717) is 18.5 Å². The molecule has 0 unspecified atom stereocenters. The molecule has 1 rings (SSSR count). The Morgan fingerprint density at radius 1 is 1.65 bits per heavy atom. The Bertz CT molecular complexity index is 412. The van der Waals surface area contributed by atoms with Crippen molar-refractivity contribution in [1.29, 1.82) is 0 Å². The number of carboxylic acid groups (broad SMARTS) is 1. The molecular weight excluding hydrogens is 236 g/mol. The van der Waals surface area contributed by atoms with Crippen LogP contribution in [0.4, 0.5) is 0 Å². The van der Waals surface area contributed by atoms with E-state index in [2.05, 4.69) is 4.98 Å². The van der Waals surface area contributed by atoms with Crippen molar-refractivity contribution in [3.05, 3.63) is 27.7 Å². The molecule has 0 radical (unpaired) electrons. The lowest BCUT2D eigenvalue weighted by atomic mass is 10.2. The molecule has 1 aromatic heterocycles. The number of likely N-dealkylation sites (N-methyl/N-ethyl adjacent to an activating group) is 1. The topological polar surface area (TPSA) is 53.4 Å². The van der Waals surface area contributed by atoms with Gasteiger partial charge in [-0.15, -0.1) is 11.3 Å². The molecule has 0 aliphatic rings. The summed E-state index contributed by atoms with van der Waals surface area (Å²) >= 11 is 1.63. The van der Waals surface area contributed by atoms with Crippen LogP contribution in [0.15, 0.2) is 17.0 Å². The van der Waals surface area contributed by atoms with E-state index in [4.69, 9.17) is 5.11 Å². The van der Waals surface area contributed by atoms with Crippen LogP contribution in [-0.4, -0.2) is 34.6 Å². The lowest BCUT2D eigenvalue weighted by molar-refractivity contribution is -0.132. The first-order chi connectivity index (χ1) is 8.02. The van der Waals surface area contributed by atoms with E-state index < -0.39 is 5.97 Å². The Morgan fingerprint density at radius 3 is 2.82 bits per heavy atom. The summed E-state index contributed by atoms with van der Waals surface area (Å²) in [4.78, 5) is 17.2. The molecule has 0 spiro atoms. The Balaban J connectivity index is 2.49. The normalized spacial score (nSPS) is 12.1. The Kier molecular flexibility index (Phi) is 5.31. The van der Waals surface area contributed by atoms with Crippen LogP contribution in [-0.2, 0) is 11.3 Å². The van der Waals surface area contributed by atoms with Crippen LogP contribution in [0.2, 0.25) is 0 Å². The van der Waals surface area contributed by atoms with Gasteiger partial charge in [-0.25, -0.2) is 9.78 Å². The first-order valence-electron chi connectivity index (χ1n) is 5.54. The lowest BCUT2D eigenvalue weighted by Crippen LogP contribution is -2.19. The quantitative estimate of drug-likeness (QED) is 0.791. The third kappa shape index (κ3) is 4.66. The van der Waals surface area contributed by atoms with Crippen LogP contribution in [0.1, 0.15) is 24.0 Å². The third-order valence-corrected chi connectivity index (χ3v) is 3.23. The van der Waals surface area contributed by atoms with Crippen LogP contribution in [0.5, 0.6) is 0 Å². The third-order valence-electron chi connectivity index (χ3n) is 2.40. The molecule has 0 saturated heterocycles. The SMILES string of the molecule is CCC(=CCN(C)Cc1csc(C)n1)C(=O)O. The molecule has 4 nitrogen and oxygen atoms in total. The highest BCUT2D eigenvalue weighted by Crippen LogP contribution is 2.10. The van der Waals surface area contributed by atoms with E-state index in [1.54, 1.807) is 17.4 Å². The van der Waals surface area contributed by atoms with Gasteiger partial charge in [0, 0.05) is 24.0 Å². The van der Waals surface area contributed by atoms with Gasteiger partial charge < -0.3 is 5.11 Å². The van der Waals surface area contributed by atoms with Gasteiger partial charge in [-0.2, -0.15) is 0 Å². The highest BCUT2D eigenvalue weighted by molar-refractivity contribution is 7.09. The Hall–Kier alpha value is -1.20. The molecule has 0 atom stereocenters. The monoisotopic (exact) mass is 254 g/mol. The molecule has 5 heteroatoms. The van der Waals surface area contributed by atoms with E-state index in [1.807, 2.05) is 31.2 Å². The number of hydrogen-bond donors (Lipinski definition) is 1. The first kappa shape index (κ1) is 13.9. The summed E-state index contributed by atoms with van der Waals surface area (Å²) in [7, 11) is 1.96. The number of hydrogen-bond acceptors (Lipinski definition) is 4. The molecule has 17 heavy (non-hydrogen) atoms. The largest absolute Gasteiger partial charge is 0.478 e. The summed E-state index contributed by atoms with van der Waals surface area (Å²) in [6.45, 7) is 5.21. The number of aromatic nitrogens is 1. The molecule has 94 valence electrons. The second-order valence-corrected chi connectivity index (χ2v) is 5.00. The number of thiazole rings is 1. The minimum atomic E-state index is -0.828. The van der Waals surface area contributed by atoms with E-state index in [1.165, 1.54) is 0 Å². The number of rotatable bonds is 6. The van der Waals surface area contributed by atoms with E-state index in [-0.39, 0.29) is 0 Å². The van der Waals surface area contributed by atoms with Crippen LogP contribution in [0, 0.1) is 6.92 Å². The van der Waals surface area contributed by atoms with Gasteiger partial charge in [0.25, 0.3) is 0 Å². The zero-order valence-corrected chi connectivity index (χ0v) is 11.3. The number of carboxylic acids is 1. The maximum atomic E-state index is 10.8. The molecular formula is C12H18N2O2S. The Morgan fingerprint density at radius 2 is 2.35 bits per heavy atom. The van der Waals surface area contributed by atoms with Crippen LogP contribution in [0.25, 0.3) is 0 Å². The number of nitrogens with zero attached hydrogens (tertiary/aromatic N) is 2.